The van der Waals surface area contributed by atoms with E-state index in [1.54, 1.807) is 23.5 Å². The number of thioether (sulfide) groups is 1. The van der Waals surface area contributed by atoms with Gasteiger partial charge >= 0.3 is 0 Å². The average Bonchev–Trinajstić information content (AvgIpc) is 2.79. The fraction of sp³-hybridized carbons (Fsp3) is 0.167. The normalized spacial score (nSPS) is 12.6. The van der Waals surface area contributed by atoms with Crippen molar-refractivity contribution >= 4 is 34.7 Å². The summed E-state index contributed by atoms with van der Waals surface area (Å²) < 4.78 is 13.5. The van der Waals surface area contributed by atoms with Gasteiger partial charge in [-0.25, -0.2) is 4.39 Å². The molecule has 2 nitrogen and oxygen atoms in total. The van der Waals surface area contributed by atoms with Crippen molar-refractivity contribution in [3.8, 4) is 0 Å². The smallest absolute Gasteiger partial charge is 0.136 e. The first-order valence-corrected chi connectivity index (χ1v) is 7.53. The van der Waals surface area contributed by atoms with Crippen LogP contribution >= 0.6 is 34.7 Å². The van der Waals surface area contributed by atoms with Gasteiger partial charge < -0.3 is 0 Å². The molecule has 1 aromatic heterocycles. The number of hydrogen-bond acceptors (Lipinski definition) is 4. The summed E-state index contributed by atoms with van der Waals surface area (Å²) in [6.45, 7) is 0. The van der Waals surface area contributed by atoms with Gasteiger partial charge in [-0.05, 0) is 23.6 Å². The molecule has 0 saturated heterocycles. The predicted molar refractivity (Wildman–Crippen MR) is 76.5 cm³/mol. The van der Waals surface area contributed by atoms with Crippen LogP contribution in [0.3, 0.4) is 0 Å². The molecular weight excluding hydrogens is 291 g/mol. The van der Waals surface area contributed by atoms with E-state index in [2.05, 4.69) is 5.43 Å². The molecule has 1 heterocycles. The predicted octanol–water partition coefficient (Wildman–Crippen LogP) is 3.84. The highest BCUT2D eigenvalue weighted by atomic mass is 35.5. The maximum atomic E-state index is 13.5. The van der Waals surface area contributed by atoms with Gasteiger partial charge in [-0.3, -0.25) is 11.3 Å². The summed E-state index contributed by atoms with van der Waals surface area (Å²) in [5, 5.41) is 2.60. The van der Waals surface area contributed by atoms with Crippen LogP contribution in [0.5, 0.6) is 0 Å². The minimum atomic E-state index is -0.212. The number of thiophene rings is 1. The van der Waals surface area contributed by atoms with E-state index in [1.165, 1.54) is 17.8 Å². The van der Waals surface area contributed by atoms with E-state index in [0.717, 1.165) is 4.88 Å². The number of nitrogens with two attached hydrogens (primary N) is 1. The Balaban J connectivity index is 2.05. The standard InChI is InChI=1S/C12H12ClFN2S2/c13-8-5-6-17-12(8)10(16-15)7-18-11-4-2-1-3-9(11)14/h1-6,10,16H,7,15H2. The number of rotatable bonds is 5. The molecule has 0 saturated carbocycles. The van der Waals surface area contributed by atoms with Crippen molar-refractivity contribution in [3.63, 3.8) is 0 Å². The van der Waals surface area contributed by atoms with Gasteiger partial charge in [-0.1, -0.05) is 23.7 Å². The second-order valence-electron chi connectivity index (χ2n) is 3.59. The second kappa shape index (κ2) is 6.54. The molecule has 18 heavy (non-hydrogen) atoms. The van der Waals surface area contributed by atoms with Crippen molar-refractivity contribution in [1.29, 1.82) is 0 Å². The Morgan fingerprint density at radius 3 is 2.78 bits per heavy atom. The first-order chi connectivity index (χ1) is 8.72. The Bertz CT molecular complexity index is 518. The molecule has 96 valence electrons. The van der Waals surface area contributed by atoms with E-state index in [4.69, 9.17) is 17.4 Å². The topological polar surface area (TPSA) is 38.0 Å². The molecule has 2 aromatic rings. The zero-order valence-electron chi connectivity index (χ0n) is 9.40. The minimum Gasteiger partial charge on any atom is -0.271 e. The Kier molecular flexibility index (Phi) is 5.03. The highest BCUT2D eigenvalue weighted by molar-refractivity contribution is 7.99. The van der Waals surface area contributed by atoms with Crippen LogP contribution in [0.25, 0.3) is 0 Å². The Morgan fingerprint density at radius 2 is 2.17 bits per heavy atom. The first-order valence-electron chi connectivity index (χ1n) is 5.28. The number of halogens is 2. The van der Waals surface area contributed by atoms with Gasteiger partial charge in [-0.2, -0.15) is 0 Å². The molecule has 0 aliphatic carbocycles. The Hall–Kier alpha value is -0.590. The lowest BCUT2D eigenvalue weighted by Crippen LogP contribution is -2.29. The molecule has 0 aliphatic rings. The highest BCUT2D eigenvalue weighted by Gasteiger charge is 2.15. The van der Waals surface area contributed by atoms with Crippen LogP contribution in [0.4, 0.5) is 4.39 Å². The molecule has 0 amide bonds. The number of hydrogen-bond donors (Lipinski definition) is 2. The van der Waals surface area contributed by atoms with Crippen molar-refractivity contribution < 1.29 is 4.39 Å². The second-order valence-corrected chi connectivity index (χ2v) is 6.01. The number of hydrazine groups is 1. The molecule has 1 unspecified atom stereocenters. The SMILES string of the molecule is NNC(CSc1ccccc1F)c1sccc1Cl. The van der Waals surface area contributed by atoms with E-state index in [9.17, 15) is 4.39 Å². The van der Waals surface area contributed by atoms with Crippen LogP contribution in [0.1, 0.15) is 10.9 Å². The van der Waals surface area contributed by atoms with Gasteiger partial charge in [0.2, 0.25) is 0 Å². The highest BCUT2D eigenvalue weighted by Crippen LogP contribution is 2.32. The fourth-order valence-corrected chi connectivity index (χ4v) is 3.83. The largest absolute Gasteiger partial charge is 0.271 e. The lowest BCUT2D eigenvalue weighted by molar-refractivity contribution is 0.598. The summed E-state index contributed by atoms with van der Waals surface area (Å²) in [6, 6.07) is 8.44. The molecule has 0 aliphatic heterocycles. The van der Waals surface area contributed by atoms with Crippen LogP contribution in [-0.2, 0) is 0 Å². The van der Waals surface area contributed by atoms with E-state index in [-0.39, 0.29) is 11.9 Å². The van der Waals surface area contributed by atoms with E-state index >= 15 is 0 Å². The van der Waals surface area contributed by atoms with Crippen LogP contribution in [0.2, 0.25) is 5.02 Å². The quantitative estimate of drug-likeness (QED) is 0.501. The summed E-state index contributed by atoms with van der Waals surface area (Å²) in [7, 11) is 0. The van der Waals surface area contributed by atoms with Gasteiger partial charge in [-0.15, -0.1) is 23.1 Å². The van der Waals surface area contributed by atoms with E-state index in [1.807, 2.05) is 17.5 Å². The molecule has 3 N–H and O–H groups in total. The van der Waals surface area contributed by atoms with Crippen molar-refractivity contribution in [3.05, 3.63) is 51.4 Å². The molecule has 0 fully saturated rings. The molecule has 1 aromatic carbocycles. The monoisotopic (exact) mass is 302 g/mol. The molecule has 0 radical (unpaired) electrons. The molecule has 1 atom stereocenters. The van der Waals surface area contributed by atoms with Crippen LogP contribution < -0.4 is 11.3 Å². The summed E-state index contributed by atoms with van der Waals surface area (Å²) in [6.07, 6.45) is 0. The third kappa shape index (κ3) is 3.24. The lowest BCUT2D eigenvalue weighted by Gasteiger charge is -2.14. The van der Waals surface area contributed by atoms with Gasteiger partial charge in [0, 0.05) is 15.5 Å². The first kappa shape index (κ1) is 13.8. The van der Waals surface area contributed by atoms with Gasteiger partial charge in [0.25, 0.3) is 0 Å². The fourth-order valence-electron chi connectivity index (χ4n) is 1.49. The number of nitrogens with one attached hydrogen (secondary N) is 1. The summed E-state index contributed by atoms with van der Waals surface area (Å²) in [5.74, 6) is 5.94. The summed E-state index contributed by atoms with van der Waals surface area (Å²) in [5.41, 5.74) is 2.72. The van der Waals surface area contributed by atoms with Crippen molar-refractivity contribution in [2.45, 2.75) is 10.9 Å². The van der Waals surface area contributed by atoms with Crippen LogP contribution in [0.15, 0.2) is 40.6 Å². The molecule has 6 heteroatoms. The van der Waals surface area contributed by atoms with E-state index < -0.39 is 0 Å². The third-order valence-corrected chi connectivity index (χ3v) is 5.02. The van der Waals surface area contributed by atoms with Gasteiger partial charge in [0.15, 0.2) is 0 Å². The summed E-state index contributed by atoms with van der Waals surface area (Å²) >= 11 is 9.02. The third-order valence-electron chi connectivity index (χ3n) is 2.40. The van der Waals surface area contributed by atoms with Crippen molar-refractivity contribution in [1.82, 2.24) is 5.43 Å². The Morgan fingerprint density at radius 1 is 1.39 bits per heavy atom. The van der Waals surface area contributed by atoms with Gasteiger partial charge in [0.05, 0.1) is 11.1 Å². The maximum Gasteiger partial charge on any atom is 0.136 e. The van der Waals surface area contributed by atoms with Crippen molar-refractivity contribution in [2.75, 3.05) is 5.75 Å². The number of benzene rings is 1. The zero-order chi connectivity index (χ0) is 13.0. The lowest BCUT2D eigenvalue weighted by atomic mass is 10.3. The maximum absolute atomic E-state index is 13.5. The van der Waals surface area contributed by atoms with Gasteiger partial charge in [0.1, 0.15) is 5.82 Å². The van der Waals surface area contributed by atoms with Crippen molar-refractivity contribution in [2.24, 2.45) is 5.84 Å². The Labute approximate surface area is 118 Å². The van der Waals surface area contributed by atoms with E-state index in [0.29, 0.717) is 15.7 Å². The molecular formula is C12H12ClFN2S2. The molecule has 0 spiro atoms. The minimum absolute atomic E-state index is 0.0814. The van der Waals surface area contributed by atoms with Crippen LogP contribution in [-0.4, -0.2) is 5.75 Å². The zero-order valence-corrected chi connectivity index (χ0v) is 11.8. The molecule has 0 bridgehead atoms. The van der Waals surface area contributed by atoms with Crippen LogP contribution in [0, 0.1) is 5.82 Å². The average molecular weight is 303 g/mol. The molecule has 2 rings (SSSR count). The summed E-state index contributed by atoms with van der Waals surface area (Å²) in [4.78, 5) is 1.59.